The van der Waals surface area contributed by atoms with Gasteiger partial charge in [0.25, 0.3) is 0 Å². The smallest absolute Gasteiger partial charge is 0.230 e. The Morgan fingerprint density at radius 1 is 1.38 bits per heavy atom. The molecule has 0 bridgehead atoms. The predicted octanol–water partition coefficient (Wildman–Crippen LogP) is 1.32. The summed E-state index contributed by atoms with van der Waals surface area (Å²) >= 11 is 0. The molecule has 86 valence electrons. The Balaban J connectivity index is 2.91. The minimum atomic E-state index is -0.100. The SMILES string of the molecule is C#CC(CC)Nc1nc(OC)cc(OC)n1. The van der Waals surface area contributed by atoms with Crippen LogP contribution in [0.1, 0.15) is 13.3 Å². The lowest BCUT2D eigenvalue weighted by molar-refractivity contribution is 0.372. The molecular formula is C11H15N3O2. The van der Waals surface area contributed by atoms with Gasteiger partial charge in [0.15, 0.2) is 0 Å². The maximum Gasteiger partial charge on any atom is 0.230 e. The van der Waals surface area contributed by atoms with E-state index in [9.17, 15) is 0 Å². The number of hydrogen-bond acceptors (Lipinski definition) is 5. The third kappa shape index (κ3) is 3.02. The van der Waals surface area contributed by atoms with Crippen molar-refractivity contribution < 1.29 is 9.47 Å². The van der Waals surface area contributed by atoms with E-state index in [0.717, 1.165) is 6.42 Å². The average molecular weight is 221 g/mol. The first kappa shape index (κ1) is 12.1. The molecule has 1 unspecified atom stereocenters. The lowest BCUT2D eigenvalue weighted by Gasteiger charge is -2.12. The van der Waals surface area contributed by atoms with Crippen molar-refractivity contribution in [1.29, 1.82) is 0 Å². The quantitative estimate of drug-likeness (QED) is 0.760. The molecule has 1 aromatic rings. The summed E-state index contributed by atoms with van der Waals surface area (Å²) in [7, 11) is 3.06. The van der Waals surface area contributed by atoms with Gasteiger partial charge in [-0.1, -0.05) is 12.8 Å². The third-order valence-corrected chi connectivity index (χ3v) is 2.01. The molecule has 0 aliphatic heterocycles. The molecule has 1 aromatic heterocycles. The molecule has 0 aliphatic rings. The van der Waals surface area contributed by atoms with Crippen LogP contribution in [0.25, 0.3) is 0 Å². The molecule has 1 N–H and O–H groups in total. The van der Waals surface area contributed by atoms with Gasteiger partial charge in [0.2, 0.25) is 17.7 Å². The zero-order chi connectivity index (χ0) is 12.0. The largest absolute Gasteiger partial charge is 0.481 e. The zero-order valence-electron chi connectivity index (χ0n) is 9.65. The van der Waals surface area contributed by atoms with Crippen LogP contribution in [-0.4, -0.2) is 30.2 Å². The van der Waals surface area contributed by atoms with E-state index in [-0.39, 0.29) is 6.04 Å². The fourth-order valence-electron chi connectivity index (χ4n) is 1.10. The van der Waals surface area contributed by atoms with Crippen LogP contribution in [0.2, 0.25) is 0 Å². The topological polar surface area (TPSA) is 56.3 Å². The van der Waals surface area contributed by atoms with Crippen LogP contribution in [-0.2, 0) is 0 Å². The van der Waals surface area contributed by atoms with Gasteiger partial charge in [0.05, 0.1) is 26.3 Å². The summed E-state index contributed by atoms with van der Waals surface area (Å²) in [5, 5.41) is 3.01. The minimum Gasteiger partial charge on any atom is -0.481 e. The normalized spacial score (nSPS) is 11.4. The summed E-state index contributed by atoms with van der Waals surface area (Å²) < 4.78 is 10.0. The van der Waals surface area contributed by atoms with Crippen molar-refractivity contribution in [3.63, 3.8) is 0 Å². The van der Waals surface area contributed by atoms with Crippen molar-refractivity contribution in [2.75, 3.05) is 19.5 Å². The van der Waals surface area contributed by atoms with Gasteiger partial charge >= 0.3 is 0 Å². The van der Waals surface area contributed by atoms with Crippen LogP contribution in [0.15, 0.2) is 6.07 Å². The minimum absolute atomic E-state index is 0.100. The lowest BCUT2D eigenvalue weighted by Crippen LogP contribution is -2.18. The highest BCUT2D eigenvalue weighted by Crippen LogP contribution is 2.17. The van der Waals surface area contributed by atoms with Crippen LogP contribution in [0.3, 0.4) is 0 Å². The summed E-state index contributed by atoms with van der Waals surface area (Å²) in [5.74, 6) is 3.87. The van der Waals surface area contributed by atoms with E-state index in [4.69, 9.17) is 15.9 Å². The van der Waals surface area contributed by atoms with Gasteiger partial charge in [-0.2, -0.15) is 9.97 Å². The highest BCUT2D eigenvalue weighted by molar-refractivity contribution is 5.36. The highest BCUT2D eigenvalue weighted by atomic mass is 16.5. The maximum absolute atomic E-state index is 5.34. The number of hydrogen-bond donors (Lipinski definition) is 1. The number of rotatable bonds is 5. The van der Waals surface area contributed by atoms with Crippen LogP contribution >= 0.6 is 0 Å². The number of anilines is 1. The van der Waals surface area contributed by atoms with Gasteiger partial charge in [-0.3, -0.25) is 0 Å². The van der Waals surface area contributed by atoms with Gasteiger partial charge in [-0.05, 0) is 6.42 Å². The molecule has 0 saturated heterocycles. The Morgan fingerprint density at radius 2 is 1.94 bits per heavy atom. The number of nitrogens with one attached hydrogen (secondary N) is 1. The summed E-state index contributed by atoms with van der Waals surface area (Å²) in [6, 6.07) is 1.50. The van der Waals surface area contributed by atoms with Crippen molar-refractivity contribution in [1.82, 2.24) is 9.97 Å². The standard InChI is InChI=1S/C11H15N3O2/c1-5-8(6-2)12-11-13-9(15-3)7-10(14-11)16-4/h1,7-8H,6H2,2-4H3,(H,12,13,14). The first-order chi connectivity index (χ1) is 7.73. The van der Waals surface area contributed by atoms with Gasteiger partial charge in [0, 0.05) is 0 Å². The average Bonchev–Trinajstić information content (AvgIpc) is 2.35. The Morgan fingerprint density at radius 3 is 2.31 bits per heavy atom. The van der Waals surface area contributed by atoms with Crippen LogP contribution in [0.5, 0.6) is 11.8 Å². The Kier molecular flexibility index (Phi) is 4.40. The maximum atomic E-state index is 5.34. The Bertz CT molecular complexity index is 365. The van der Waals surface area contributed by atoms with Crippen LogP contribution in [0, 0.1) is 12.3 Å². The zero-order valence-corrected chi connectivity index (χ0v) is 9.65. The molecule has 1 atom stereocenters. The molecule has 16 heavy (non-hydrogen) atoms. The van der Waals surface area contributed by atoms with E-state index in [0.29, 0.717) is 17.7 Å². The molecule has 0 aliphatic carbocycles. The van der Waals surface area contributed by atoms with E-state index in [1.807, 2.05) is 6.92 Å². The molecule has 1 rings (SSSR count). The van der Waals surface area contributed by atoms with E-state index in [1.165, 1.54) is 14.2 Å². The van der Waals surface area contributed by atoms with Crippen molar-refractivity contribution in [3.05, 3.63) is 6.07 Å². The number of methoxy groups -OCH3 is 2. The van der Waals surface area contributed by atoms with Gasteiger partial charge in [-0.25, -0.2) is 0 Å². The summed E-state index contributed by atoms with van der Waals surface area (Å²) in [6.07, 6.45) is 6.13. The fraction of sp³-hybridized carbons (Fsp3) is 0.455. The number of ether oxygens (including phenoxy) is 2. The van der Waals surface area contributed by atoms with E-state index < -0.39 is 0 Å². The molecule has 0 radical (unpaired) electrons. The Labute approximate surface area is 95.2 Å². The van der Waals surface area contributed by atoms with Crippen molar-refractivity contribution in [2.24, 2.45) is 0 Å². The van der Waals surface area contributed by atoms with Crippen molar-refractivity contribution >= 4 is 5.95 Å². The second kappa shape index (κ2) is 5.81. The summed E-state index contributed by atoms with van der Waals surface area (Å²) in [6.45, 7) is 1.98. The monoisotopic (exact) mass is 221 g/mol. The molecule has 0 fully saturated rings. The summed E-state index contributed by atoms with van der Waals surface area (Å²) in [4.78, 5) is 8.23. The van der Waals surface area contributed by atoms with Crippen molar-refractivity contribution in [3.8, 4) is 24.1 Å². The predicted molar refractivity (Wildman–Crippen MR) is 61.7 cm³/mol. The van der Waals surface area contributed by atoms with Gasteiger partial charge < -0.3 is 14.8 Å². The highest BCUT2D eigenvalue weighted by Gasteiger charge is 2.08. The first-order valence-electron chi connectivity index (χ1n) is 4.93. The number of nitrogens with zero attached hydrogens (tertiary/aromatic N) is 2. The van der Waals surface area contributed by atoms with Crippen molar-refractivity contribution in [2.45, 2.75) is 19.4 Å². The van der Waals surface area contributed by atoms with Crippen LogP contribution in [0.4, 0.5) is 5.95 Å². The van der Waals surface area contributed by atoms with Crippen LogP contribution < -0.4 is 14.8 Å². The summed E-state index contributed by atoms with van der Waals surface area (Å²) in [5.41, 5.74) is 0. The molecular weight excluding hydrogens is 206 g/mol. The fourth-order valence-corrected chi connectivity index (χ4v) is 1.10. The third-order valence-electron chi connectivity index (χ3n) is 2.01. The van der Waals surface area contributed by atoms with E-state index in [2.05, 4.69) is 21.2 Å². The van der Waals surface area contributed by atoms with E-state index >= 15 is 0 Å². The second-order valence-corrected chi connectivity index (χ2v) is 3.05. The van der Waals surface area contributed by atoms with E-state index in [1.54, 1.807) is 6.07 Å². The molecule has 5 nitrogen and oxygen atoms in total. The van der Waals surface area contributed by atoms with Gasteiger partial charge in [-0.15, -0.1) is 6.42 Å². The molecule has 5 heteroatoms. The Hall–Kier alpha value is -1.96. The molecule has 0 amide bonds. The first-order valence-corrected chi connectivity index (χ1v) is 4.93. The number of aromatic nitrogens is 2. The molecule has 1 heterocycles. The lowest BCUT2D eigenvalue weighted by atomic mass is 10.2. The number of terminal acetylenes is 1. The molecule has 0 aromatic carbocycles. The van der Waals surface area contributed by atoms with Gasteiger partial charge in [0.1, 0.15) is 0 Å². The second-order valence-electron chi connectivity index (χ2n) is 3.05. The molecule has 0 saturated carbocycles. The molecule has 0 spiro atoms.